The molecule has 98 valence electrons. The van der Waals surface area contributed by atoms with Crippen molar-refractivity contribution in [2.24, 2.45) is 11.8 Å². The van der Waals surface area contributed by atoms with Crippen LogP contribution in [0.25, 0.3) is 10.8 Å². The van der Waals surface area contributed by atoms with Gasteiger partial charge in [-0.15, -0.1) is 23.2 Å². The van der Waals surface area contributed by atoms with Crippen LogP contribution < -0.4 is 0 Å². The molecule has 2 aromatic rings. The SMILES string of the molecule is ClCC1C(CCl)[C@H]2C[C@@H]1c1cc3ccccc3cc12. The summed E-state index contributed by atoms with van der Waals surface area (Å²) in [5.74, 6) is 3.88. The maximum absolute atomic E-state index is 6.20. The lowest BCUT2D eigenvalue weighted by Gasteiger charge is -2.30. The molecule has 2 aliphatic carbocycles. The molecule has 2 unspecified atom stereocenters. The summed E-state index contributed by atoms with van der Waals surface area (Å²) in [7, 11) is 0. The van der Waals surface area contributed by atoms with Crippen LogP contribution in [0.1, 0.15) is 29.4 Å². The van der Waals surface area contributed by atoms with Gasteiger partial charge in [0.15, 0.2) is 0 Å². The summed E-state index contributed by atoms with van der Waals surface area (Å²) >= 11 is 12.4. The van der Waals surface area contributed by atoms with Gasteiger partial charge in [0.1, 0.15) is 0 Å². The molecule has 0 nitrogen and oxygen atoms in total. The zero-order valence-corrected chi connectivity index (χ0v) is 12.2. The number of fused-ring (bicyclic) bond motifs is 6. The molecular formula is C17H16Cl2. The fourth-order valence-corrected chi connectivity index (χ4v) is 5.18. The average molecular weight is 291 g/mol. The van der Waals surface area contributed by atoms with Crippen molar-refractivity contribution in [2.75, 3.05) is 11.8 Å². The van der Waals surface area contributed by atoms with Crippen molar-refractivity contribution in [1.82, 2.24) is 0 Å². The van der Waals surface area contributed by atoms with Crippen LogP contribution in [0, 0.1) is 11.8 Å². The van der Waals surface area contributed by atoms with E-state index < -0.39 is 0 Å². The Balaban J connectivity index is 1.90. The second-order valence-electron chi connectivity index (χ2n) is 5.91. The maximum Gasteiger partial charge on any atom is 0.0260 e. The first-order chi connectivity index (χ1) is 9.33. The highest BCUT2D eigenvalue weighted by molar-refractivity contribution is 6.19. The van der Waals surface area contributed by atoms with Crippen molar-refractivity contribution in [3.63, 3.8) is 0 Å². The van der Waals surface area contributed by atoms with E-state index in [2.05, 4.69) is 36.4 Å². The van der Waals surface area contributed by atoms with Gasteiger partial charge in [-0.2, -0.15) is 0 Å². The molecule has 19 heavy (non-hydrogen) atoms. The van der Waals surface area contributed by atoms with Gasteiger partial charge in [-0.1, -0.05) is 36.4 Å². The Bertz CT molecular complexity index is 580. The first-order valence-corrected chi connectivity index (χ1v) is 8.05. The lowest BCUT2D eigenvalue weighted by molar-refractivity contribution is 0.390. The zero-order valence-electron chi connectivity index (χ0n) is 10.7. The topological polar surface area (TPSA) is 0 Å². The van der Waals surface area contributed by atoms with Gasteiger partial charge in [0, 0.05) is 11.8 Å². The fraction of sp³-hybridized carbons (Fsp3) is 0.412. The monoisotopic (exact) mass is 290 g/mol. The van der Waals surface area contributed by atoms with E-state index in [4.69, 9.17) is 23.2 Å². The van der Waals surface area contributed by atoms with Gasteiger partial charge in [0.25, 0.3) is 0 Å². The molecule has 0 N–H and O–H groups in total. The highest BCUT2D eigenvalue weighted by Crippen LogP contribution is 2.60. The molecular weight excluding hydrogens is 275 g/mol. The first-order valence-electron chi connectivity index (χ1n) is 6.98. The zero-order chi connectivity index (χ0) is 13.0. The van der Waals surface area contributed by atoms with Crippen molar-refractivity contribution >= 4 is 34.0 Å². The van der Waals surface area contributed by atoms with Gasteiger partial charge < -0.3 is 0 Å². The van der Waals surface area contributed by atoms with Gasteiger partial charge in [-0.3, -0.25) is 0 Å². The highest BCUT2D eigenvalue weighted by atomic mass is 35.5. The van der Waals surface area contributed by atoms with Gasteiger partial charge in [0.05, 0.1) is 0 Å². The van der Waals surface area contributed by atoms with Crippen LogP contribution in [0.15, 0.2) is 36.4 Å². The third-order valence-corrected chi connectivity index (χ3v) is 5.91. The summed E-state index contributed by atoms with van der Waals surface area (Å²) in [5.41, 5.74) is 3.08. The molecule has 2 aromatic carbocycles. The summed E-state index contributed by atoms with van der Waals surface area (Å²) in [5, 5.41) is 2.70. The van der Waals surface area contributed by atoms with Crippen molar-refractivity contribution in [2.45, 2.75) is 18.3 Å². The van der Waals surface area contributed by atoms with E-state index in [0.29, 0.717) is 23.7 Å². The van der Waals surface area contributed by atoms with E-state index in [-0.39, 0.29) is 0 Å². The Hall–Kier alpha value is -0.720. The van der Waals surface area contributed by atoms with Gasteiger partial charge in [0.2, 0.25) is 0 Å². The summed E-state index contributed by atoms with van der Waals surface area (Å²) in [4.78, 5) is 0. The second kappa shape index (κ2) is 4.40. The van der Waals surface area contributed by atoms with Gasteiger partial charge in [-0.25, -0.2) is 0 Å². The van der Waals surface area contributed by atoms with Crippen LogP contribution >= 0.6 is 23.2 Å². The van der Waals surface area contributed by atoms with E-state index in [9.17, 15) is 0 Å². The predicted octanol–water partition coefficient (Wildman–Crippen LogP) is 5.13. The predicted molar refractivity (Wildman–Crippen MR) is 82.5 cm³/mol. The minimum Gasteiger partial charge on any atom is -0.126 e. The van der Waals surface area contributed by atoms with Gasteiger partial charge in [-0.05, 0) is 52.0 Å². The second-order valence-corrected chi connectivity index (χ2v) is 6.53. The van der Waals surface area contributed by atoms with Crippen molar-refractivity contribution in [1.29, 1.82) is 0 Å². The Kier molecular flexibility index (Phi) is 2.79. The van der Waals surface area contributed by atoms with E-state index >= 15 is 0 Å². The summed E-state index contributed by atoms with van der Waals surface area (Å²) in [6, 6.07) is 13.4. The lowest BCUT2D eigenvalue weighted by atomic mass is 9.77. The molecule has 2 bridgehead atoms. The highest BCUT2D eigenvalue weighted by Gasteiger charge is 2.49. The van der Waals surface area contributed by atoms with Crippen molar-refractivity contribution in [3.05, 3.63) is 47.5 Å². The number of alkyl halides is 2. The number of benzene rings is 2. The molecule has 1 saturated carbocycles. The van der Waals surface area contributed by atoms with Crippen LogP contribution in [0.5, 0.6) is 0 Å². The van der Waals surface area contributed by atoms with E-state index in [0.717, 1.165) is 11.8 Å². The quantitative estimate of drug-likeness (QED) is 0.672. The molecule has 0 radical (unpaired) electrons. The largest absolute Gasteiger partial charge is 0.126 e. The molecule has 0 saturated heterocycles. The molecule has 1 fully saturated rings. The number of hydrogen-bond acceptors (Lipinski definition) is 0. The minimum atomic E-state index is 0.567. The molecule has 4 atom stereocenters. The standard InChI is InChI=1S/C17H16Cl2/c18-8-16-14-7-15(17(16)9-19)13-6-11-4-2-1-3-10(11)5-12(13)14/h1-6,14-17H,7-9H2/t14-,15+,16?,17?. The van der Waals surface area contributed by atoms with Crippen LogP contribution in [-0.4, -0.2) is 11.8 Å². The molecule has 0 aromatic heterocycles. The number of halogens is 2. The van der Waals surface area contributed by atoms with Gasteiger partial charge >= 0.3 is 0 Å². The summed E-state index contributed by atoms with van der Waals surface area (Å²) in [6.45, 7) is 0. The summed E-state index contributed by atoms with van der Waals surface area (Å²) < 4.78 is 0. The molecule has 0 heterocycles. The maximum atomic E-state index is 6.20. The molecule has 0 aliphatic heterocycles. The number of hydrogen-bond donors (Lipinski definition) is 0. The first kappa shape index (κ1) is 12.1. The fourth-order valence-electron chi connectivity index (χ4n) is 4.30. The Morgan fingerprint density at radius 3 is 1.74 bits per heavy atom. The Labute approximate surface area is 123 Å². The van der Waals surface area contributed by atoms with Crippen LogP contribution in [0.2, 0.25) is 0 Å². The van der Waals surface area contributed by atoms with Crippen LogP contribution in [0.3, 0.4) is 0 Å². The average Bonchev–Trinajstić information content (AvgIpc) is 3.00. The molecule has 0 spiro atoms. The third kappa shape index (κ3) is 1.60. The van der Waals surface area contributed by atoms with E-state index in [1.165, 1.54) is 28.3 Å². The third-order valence-electron chi connectivity index (χ3n) is 5.20. The van der Waals surface area contributed by atoms with Crippen molar-refractivity contribution in [3.8, 4) is 0 Å². The van der Waals surface area contributed by atoms with E-state index in [1.54, 1.807) is 0 Å². The molecule has 2 aliphatic rings. The Morgan fingerprint density at radius 2 is 1.32 bits per heavy atom. The summed E-state index contributed by atoms with van der Waals surface area (Å²) in [6.07, 6.45) is 1.25. The molecule has 0 amide bonds. The molecule has 2 heteroatoms. The smallest absolute Gasteiger partial charge is 0.0260 e. The van der Waals surface area contributed by atoms with Crippen LogP contribution in [0.4, 0.5) is 0 Å². The normalized spacial score (nSPS) is 31.9. The van der Waals surface area contributed by atoms with Crippen molar-refractivity contribution < 1.29 is 0 Å². The minimum absolute atomic E-state index is 0.567. The Morgan fingerprint density at radius 1 is 0.842 bits per heavy atom. The lowest BCUT2D eigenvalue weighted by Crippen LogP contribution is -2.24. The van der Waals surface area contributed by atoms with Crippen LogP contribution in [-0.2, 0) is 0 Å². The number of rotatable bonds is 2. The van der Waals surface area contributed by atoms with E-state index in [1.807, 2.05) is 0 Å². The molecule has 4 rings (SSSR count).